The van der Waals surface area contributed by atoms with E-state index in [9.17, 15) is 0 Å². The van der Waals surface area contributed by atoms with Crippen molar-refractivity contribution in [2.45, 2.75) is 13.8 Å². The molecule has 2 aromatic rings. The number of nitriles is 1. The molecule has 0 amide bonds. The van der Waals surface area contributed by atoms with Crippen LogP contribution in [-0.2, 0) is 0 Å². The Hall–Kier alpha value is -2.32. The van der Waals surface area contributed by atoms with Gasteiger partial charge in [0.1, 0.15) is 16.8 Å². The highest BCUT2D eigenvalue weighted by Gasteiger charge is 2.10. The molecule has 0 atom stereocenters. The van der Waals surface area contributed by atoms with E-state index in [1.54, 1.807) is 6.92 Å². The minimum Gasteiger partial charge on any atom is -0.494 e. The number of benzene rings is 1. The van der Waals surface area contributed by atoms with Crippen LogP contribution in [0.4, 0.5) is 0 Å². The first-order chi connectivity index (χ1) is 9.65. The van der Waals surface area contributed by atoms with Crippen molar-refractivity contribution in [1.29, 1.82) is 5.26 Å². The summed E-state index contributed by atoms with van der Waals surface area (Å²) < 4.78 is 5.48. The lowest BCUT2D eigenvalue weighted by atomic mass is 10.2. The molecule has 2 N–H and O–H groups in total. The van der Waals surface area contributed by atoms with Crippen molar-refractivity contribution in [3.05, 3.63) is 41.0 Å². The van der Waals surface area contributed by atoms with E-state index >= 15 is 0 Å². The molecule has 102 valence electrons. The Kier molecular flexibility index (Phi) is 4.38. The Bertz CT molecular complexity index is 678. The number of ether oxygens (including phenoxy) is 1. The molecule has 0 fully saturated rings. The number of aromatic nitrogens is 1. The predicted molar refractivity (Wildman–Crippen MR) is 81.1 cm³/mol. The van der Waals surface area contributed by atoms with Crippen LogP contribution in [0.5, 0.6) is 5.75 Å². The second kappa shape index (κ2) is 6.22. The van der Waals surface area contributed by atoms with Gasteiger partial charge >= 0.3 is 0 Å². The van der Waals surface area contributed by atoms with Gasteiger partial charge in [-0.05, 0) is 26.0 Å². The summed E-state index contributed by atoms with van der Waals surface area (Å²) in [7, 11) is 0. The molecule has 0 spiro atoms. The van der Waals surface area contributed by atoms with Crippen molar-refractivity contribution in [1.82, 2.24) is 4.98 Å². The summed E-state index contributed by atoms with van der Waals surface area (Å²) in [5, 5.41) is 11.8. The smallest absolute Gasteiger partial charge is 0.124 e. The fourth-order valence-corrected chi connectivity index (χ4v) is 2.56. The number of hydrogen-bond acceptors (Lipinski definition) is 5. The summed E-state index contributed by atoms with van der Waals surface area (Å²) >= 11 is 1.48. The summed E-state index contributed by atoms with van der Waals surface area (Å²) in [6.45, 7) is 4.27. The van der Waals surface area contributed by atoms with Crippen molar-refractivity contribution in [2.75, 3.05) is 6.61 Å². The molecule has 0 radical (unpaired) electrons. The van der Waals surface area contributed by atoms with E-state index < -0.39 is 0 Å². The number of nitrogens with zero attached hydrogens (tertiary/aromatic N) is 2. The van der Waals surface area contributed by atoms with Crippen LogP contribution in [0.1, 0.15) is 19.5 Å². The van der Waals surface area contributed by atoms with E-state index in [1.165, 1.54) is 11.3 Å². The Morgan fingerprint density at radius 3 is 2.95 bits per heavy atom. The van der Waals surface area contributed by atoms with Crippen molar-refractivity contribution in [3.63, 3.8) is 0 Å². The molecular formula is C15H15N3OS. The Morgan fingerprint density at radius 1 is 1.50 bits per heavy atom. The quantitative estimate of drug-likeness (QED) is 0.874. The zero-order chi connectivity index (χ0) is 14.5. The van der Waals surface area contributed by atoms with Gasteiger partial charge in [-0.25, -0.2) is 4.98 Å². The molecule has 1 aromatic carbocycles. The van der Waals surface area contributed by atoms with Crippen LogP contribution in [0.25, 0.3) is 16.1 Å². The average molecular weight is 285 g/mol. The molecule has 20 heavy (non-hydrogen) atoms. The third-order valence-electron chi connectivity index (χ3n) is 2.66. The summed E-state index contributed by atoms with van der Waals surface area (Å²) in [6, 6.07) is 9.83. The van der Waals surface area contributed by atoms with E-state index in [-0.39, 0.29) is 0 Å². The van der Waals surface area contributed by atoms with Crippen molar-refractivity contribution >= 4 is 16.9 Å². The second-order valence-corrected chi connectivity index (χ2v) is 5.03. The maximum atomic E-state index is 9.10. The molecule has 0 unspecified atom stereocenters. The summed E-state index contributed by atoms with van der Waals surface area (Å²) in [5.74, 6) is 0.813. The molecule has 0 bridgehead atoms. The first kappa shape index (κ1) is 14.1. The Morgan fingerprint density at radius 2 is 2.30 bits per heavy atom. The van der Waals surface area contributed by atoms with E-state index in [2.05, 4.69) is 11.1 Å². The van der Waals surface area contributed by atoms with Crippen LogP contribution < -0.4 is 10.5 Å². The van der Waals surface area contributed by atoms with Gasteiger partial charge in [-0.2, -0.15) is 5.26 Å². The highest BCUT2D eigenvalue weighted by Crippen LogP contribution is 2.29. The number of thiazole rings is 1. The monoisotopic (exact) mass is 285 g/mol. The zero-order valence-corrected chi connectivity index (χ0v) is 12.2. The molecule has 2 rings (SSSR count). The molecule has 1 heterocycles. The van der Waals surface area contributed by atoms with Gasteiger partial charge in [-0.3, -0.25) is 0 Å². The largest absolute Gasteiger partial charge is 0.494 e. The lowest BCUT2D eigenvalue weighted by Gasteiger charge is -2.03. The fraction of sp³-hybridized carbons (Fsp3) is 0.200. The molecule has 4 nitrogen and oxygen atoms in total. The van der Waals surface area contributed by atoms with Crippen LogP contribution in [0.15, 0.2) is 35.3 Å². The molecular weight excluding hydrogens is 270 g/mol. The third-order valence-corrected chi connectivity index (χ3v) is 3.55. The molecule has 1 aromatic heterocycles. The molecule has 0 aliphatic rings. The minimum atomic E-state index is 0.425. The second-order valence-electron chi connectivity index (χ2n) is 4.17. The maximum Gasteiger partial charge on any atom is 0.124 e. The van der Waals surface area contributed by atoms with Gasteiger partial charge in [0.2, 0.25) is 0 Å². The Balaban J connectivity index is 2.36. The molecule has 0 saturated heterocycles. The van der Waals surface area contributed by atoms with E-state index in [0.29, 0.717) is 23.6 Å². The normalized spacial score (nSPS) is 11.7. The van der Waals surface area contributed by atoms with E-state index in [0.717, 1.165) is 16.3 Å². The summed E-state index contributed by atoms with van der Waals surface area (Å²) in [4.78, 5) is 4.48. The van der Waals surface area contributed by atoms with Crippen molar-refractivity contribution in [3.8, 4) is 22.4 Å². The topological polar surface area (TPSA) is 71.9 Å². The summed E-state index contributed by atoms with van der Waals surface area (Å²) in [5.41, 5.74) is 8.19. The highest BCUT2D eigenvalue weighted by molar-refractivity contribution is 7.13. The van der Waals surface area contributed by atoms with Crippen molar-refractivity contribution < 1.29 is 4.74 Å². The minimum absolute atomic E-state index is 0.425. The first-order valence-corrected chi connectivity index (χ1v) is 7.09. The van der Waals surface area contributed by atoms with Gasteiger partial charge < -0.3 is 10.5 Å². The van der Waals surface area contributed by atoms with Gasteiger partial charge in [0.05, 0.1) is 17.9 Å². The SMILES string of the molecule is CCOc1cccc(-c2nc(/C(C#N)=C(\C)N)cs2)c1. The van der Waals surface area contributed by atoms with Gasteiger partial charge in [-0.15, -0.1) is 11.3 Å². The van der Waals surface area contributed by atoms with Crippen LogP contribution in [0, 0.1) is 11.3 Å². The van der Waals surface area contributed by atoms with Gasteiger partial charge in [0, 0.05) is 16.6 Å². The van der Waals surface area contributed by atoms with E-state index in [4.69, 9.17) is 15.7 Å². The average Bonchev–Trinajstić information content (AvgIpc) is 2.89. The van der Waals surface area contributed by atoms with Crippen LogP contribution in [-0.4, -0.2) is 11.6 Å². The lowest BCUT2D eigenvalue weighted by molar-refractivity contribution is 0.340. The molecule has 5 heteroatoms. The van der Waals surface area contributed by atoms with E-state index in [1.807, 2.05) is 36.6 Å². The number of allylic oxidation sites excluding steroid dienone is 2. The number of hydrogen-bond donors (Lipinski definition) is 1. The third kappa shape index (κ3) is 2.98. The molecule has 0 aliphatic heterocycles. The molecule has 0 saturated carbocycles. The van der Waals surface area contributed by atoms with Crippen LogP contribution in [0.2, 0.25) is 0 Å². The Labute approximate surface area is 122 Å². The molecule has 0 aliphatic carbocycles. The van der Waals surface area contributed by atoms with Crippen molar-refractivity contribution in [2.24, 2.45) is 5.73 Å². The number of rotatable bonds is 4. The zero-order valence-electron chi connectivity index (χ0n) is 11.4. The predicted octanol–water partition coefficient (Wildman–Crippen LogP) is 3.42. The maximum absolute atomic E-state index is 9.10. The van der Waals surface area contributed by atoms with Gasteiger partial charge in [0.25, 0.3) is 0 Å². The summed E-state index contributed by atoms with van der Waals surface area (Å²) in [6.07, 6.45) is 0. The van der Waals surface area contributed by atoms with Gasteiger partial charge in [0.15, 0.2) is 0 Å². The lowest BCUT2D eigenvalue weighted by Crippen LogP contribution is -1.96. The fourth-order valence-electron chi connectivity index (χ4n) is 1.75. The number of nitrogens with two attached hydrogens (primary N) is 1. The van der Waals surface area contributed by atoms with Gasteiger partial charge in [-0.1, -0.05) is 12.1 Å². The highest BCUT2D eigenvalue weighted by atomic mass is 32.1. The standard InChI is InChI=1S/C15H15N3OS/c1-3-19-12-6-4-5-11(7-12)15-18-14(9-20-15)13(8-16)10(2)17/h4-7,9H,3,17H2,1-2H3/b13-10+. The van der Waals surface area contributed by atoms with Crippen LogP contribution >= 0.6 is 11.3 Å². The first-order valence-electron chi connectivity index (χ1n) is 6.21. The van der Waals surface area contributed by atoms with Crippen LogP contribution in [0.3, 0.4) is 0 Å².